The van der Waals surface area contributed by atoms with Crippen LogP contribution in [0.4, 0.5) is 10.5 Å². The van der Waals surface area contributed by atoms with Gasteiger partial charge in [0.1, 0.15) is 0 Å². The molecule has 7 heteroatoms. The number of carbonyl (C=O) groups excluding carboxylic acids is 2. The van der Waals surface area contributed by atoms with Crippen molar-refractivity contribution in [2.75, 3.05) is 44.7 Å². The third-order valence-corrected chi connectivity index (χ3v) is 5.33. The topological polar surface area (TPSA) is 87.9 Å². The number of urea groups is 1. The SMILES string of the molecule is CC(C)(CN)CN(Cc1cccc(NC(=O)N2CCOCC2)c1)C(=O)c1ccccc1. The molecular formula is C24H32N4O3. The van der Waals surface area contributed by atoms with E-state index in [2.05, 4.69) is 19.2 Å². The van der Waals surface area contributed by atoms with Gasteiger partial charge in [-0.15, -0.1) is 0 Å². The summed E-state index contributed by atoms with van der Waals surface area (Å²) in [5.41, 5.74) is 8.02. The Morgan fingerprint density at radius 2 is 1.81 bits per heavy atom. The van der Waals surface area contributed by atoms with Crippen molar-refractivity contribution >= 4 is 17.6 Å². The summed E-state index contributed by atoms with van der Waals surface area (Å²) in [5, 5.41) is 2.95. The van der Waals surface area contributed by atoms with E-state index in [1.807, 2.05) is 59.5 Å². The summed E-state index contributed by atoms with van der Waals surface area (Å²) in [6.07, 6.45) is 0. The highest BCUT2D eigenvalue weighted by atomic mass is 16.5. The molecule has 0 bridgehead atoms. The van der Waals surface area contributed by atoms with Gasteiger partial charge in [-0.05, 0) is 41.8 Å². The average Bonchev–Trinajstić information content (AvgIpc) is 2.79. The van der Waals surface area contributed by atoms with E-state index in [1.165, 1.54) is 0 Å². The van der Waals surface area contributed by atoms with Gasteiger partial charge in [0.15, 0.2) is 0 Å². The van der Waals surface area contributed by atoms with E-state index < -0.39 is 0 Å². The van der Waals surface area contributed by atoms with Crippen LogP contribution < -0.4 is 11.1 Å². The van der Waals surface area contributed by atoms with Gasteiger partial charge in [0.25, 0.3) is 5.91 Å². The van der Waals surface area contributed by atoms with E-state index >= 15 is 0 Å². The number of carbonyl (C=O) groups is 2. The van der Waals surface area contributed by atoms with Crippen molar-refractivity contribution in [3.8, 4) is 0 Å². The van der Waals surface area contributed by atoms with Gasteiger partial charge < -0.3 is 25.6 Å². The molecule has 2 aromatic carbocycles. The number of rotatable bonds is 7. The number of nitrogens with one attached hydrogen (secondary N) is 1. The van der Waals surface area contributed by atoms with Crippen molar-refractivity contribution in [2.24, 2.45) is 11.1 Å². The molecule has 1 aliphatic heterocycles. The molecular weight excluding hydrogens is 392 g/mol. The molecule has 0 unspecified atom stereocenters. The maximum Gasteiger partial charge on any atom is 0.321 e. The summed E-state index contributed by atoms with van der Waals surface area (Å²) in [6, 6.07) is 16.8. The quantitative estimate of drug-likeness (QED) is 0.715. The monoisotopic (exact) mass is 424 g/mol. The van der Waals surface area contributed by atoms with Crippen LogP contribution in [0.15, 0.2) is 54.6 Å². The molecule has 0 aliphatic carbocycles. The Bertz CT molecular complexity index is 879. The number of benzene rings is 2. The number of hydrogen-bond acceptors (Lipinski definition) is 4. The van der Waals surface area contributed by atoms with Crippen molar-refractivity contribution in [1.29, 1.82) is 0 Å². The standard InChI is InChI=1S/C24H32N4O3/c1-24(2,17-25)18-28(22(29)20-8-4-3-5-9-20)16-19-7-6-10-21(15-19)26-23(30)27-11-13-31-14-12-27/h3-10,15H,11-14,16-18,25H2,1-2H3,(H,26,30). The van der Waals surface area contributed by atoms with Crippen LogP contribution in [0.5, 0.6) is 0 Å². The van der Waals surface area contributed by atoms with Crippen molar-refractivity contribution in [3.63, 3.8) is 0 Å². The molecule has 3 amide bonds. The van der Waals surface area contributed by atoms with Gasteiger partial charge in [-0.2, -0.15) is 0 Å². The first-order valence-corrected chi connectivity index (χ1v) is 10.6. The number of nitrogens with two attached hydrogens (primary N) is 1. The first-order chi connectivity index (χ1) is 14.9. The van der Waals surface area contributed by atoms with Crippen molar-refractivity contribution < 1.29 is 14.3 Å². The molecule has 0 radical (unpaired) electrons. The van der Waals surface area contributed by atoms with Crippen LogP contribution in [-0.4, -0.2) is 61.1 Å². The lowest BCUT2D eigenvalue weighted by atomic mass is 9.92. The van der Waals surface area contributed by atoms with Gasteiger partial charge in [0.05, 0.1) is 13.2 Å². The third-order valence-electron chi connectivity index (χ3n) is 5.33. The molecule has 1 heterocycles. The second-order valence-corrected chi connectivity index (χ2v) is 8.63. The minimum Gasteiger partial charge on any atom is -0.378 e. The molecule has 3 rings (SSSR count). The Balaban J connectivity index is 1.75. The fraction of sp³-hybridized carbons (Fsp3) is 0.417. The van der Waals surface area contributed by atoms with Crippen LogP contribution in [0.2, 0.25) is 0 Å². The summed E-state index contributed by atoms with van der Waals surface area (Å²) in [7, 11) is 0. The van der Waals surface area contributed by atoms with Crippen LogP contribution >= 0.6 is 0 Å². The molecule has 0 aromatic heterocycles. The second kappa shape index (κ2) is 10.4. The van der Waals surface area contributed by atoms with Crippen LogP contribution in [0.1, 0.15) is 29.8 Å². The highest BCUT2D eigenvalue weighted by Gasteiger charge is 2.25. The molecule has 2 aromatic rings. The van der Waals surface area contributed by atoms with E-state index in [-0.39, 0.29) is 17.4 Å². The molecule has 1 aliphatic rings. The molecule has 3 N–H and O–H groups in total. The fourth-order valence-electron chi connectivity index (χ4n) is 3.48. The van der Waals surface area contributed by atoms with E-state index in [0.29, 0.717) is 57.2 Å². The van der Waals surface area contributed by atoms with E-state index in [1.54, 1.807) is 4.90 Å². The Morgan fingerprint density at radius 3 is 2.48 bits per heavy atom. The minimum absolute atomic E-state index is 0.0371. The molecule has 0 saturated carbocycles. The third kappa shape index (κ3) is 6.54. The molecule has 1 saturated heterocycles. The summed E-state index contributed by atoms with van der Waals surface area (Å²) in [4.78, 5) is 29.3. The van der Waals surface area contributed by atoms with Crippen LogP contribution in [-0.2, 0) is 11.3 Å². The van der Waals surface area contributed by atoms with Crippen molar-refractivity contribution in [3.05, 3.63) is 65.7 Å². The zero-order valence-electron chi connectivity index (χ0n) is 18.3. The summed E-state index contributed by atoms with van der Waals surface area (Å²) in [5.74, 6) is -0.0371. The number of morpholine rings is 1. The van der Waals surface area contributed by atoms with Gasteiger partial charge in [0, 0.05) is 37.4 Å². The maximum absolute atomic E-state index is 13.2. The van der Waals surface area contributed by atoms with Crippen LogP contribution in [0, 0.1) is 5.41 Å². The van der Waals surface area contributed by atoms with Crippen molar-refractivity contribution in [1.82, 2.24) is 9.80 Å². The lowest BCUT2D eigenvalue weighted by molar-refractivity contribution is 0.0564. The van der Waals surface area contributed by atoms with Crippen molar-refractivity contribution in [2.45, 2.75) is 20.4 Å². The molecule has 166 valence electrons. The minimum atomic E-state index is -0.216. The zero-order valence-corrected chi connectivity index (χ0v) is 18.3. The first-order valence-electron chi connectivity index (χ1n) is 10.6. The summed E-state index contributed by atoms with van der Waals surface area (Å²) >= 11 is 0. The smallest absolute Gasteiger partial charge is 0.321 e. The summed E-state index contributed by atoms with van der Waals surface area (Å²) < 4.78 is 5.30. The maximum atomic E-state index is 13.2. The largest absolute Gasteiger partial charge is 0.378 e. The average molecular weight is 425 g/mol. The van der Waals surface area contributed by atoms with Gasteiger partial charge >= 0.3 is 6.03 Å². The van der Waals surface area contributed by atoms with Crippen LogP contribution in [0.3, 0.4) is 0 Å². The van der Waals surface area contributed by atoms with Gasteiger partial charge in [-0.25, -0.2) is 4.79 Å². The Hall–Kier alpha value is -2.90. The Morgan fingerprint density at radius 1 is 1.10 bits per heavy atom. The Labute approximate surface area is 184 Å². The van der Waals surface area contributed by atoms with Gasteiger partial charge in [-0.3, -0.25) is 4.79 Å². The van der Waals surface area contributed by atoms with Crippen LogP contribution in [0.25, 0.3) is 0 Å². The number of anilines is 1. The summed E-state index contributed by atoms with van der Waals surface area (Å²) in [6.45, 7) is 7.82. The van der Waals surface area contributed by atoms with Gasteiger partial charge in [0.2, 0.25) is 0 Å². The Kier molecular flexibility index (Phi) is 7.65. The predicted molar refractivity (Wildman–Crippen MR) is 122 cm³/mol. The lowest BCUT2D eigenvalue weighted by Crippen LogP contribution is -2.43. The van der Waals surface area contributed by atoms with Gasteiger partial charge in [-0.1, -0.05) is 44.2 Å². The van der Waals surface area contributed by atoms with E-state index in [9.17, 15) is 9.59 Å². The first kappa shape index (κ1) is 22.8. The zero-order chi connectivity index (χ0) is 22.3. The normalized spacial score (nSPS) is 14.2. The molecule has 7 nitrogen and oxygen atoms in total. The molecule has 0 atom stereocenters. The second-order valence-electron chi connectivity index (χ2n) is 8.63. The predicted octanol–water partition coefficient (Wildman–Crippen LogP) is 3.18. The fourth-order valence-corrected chi connectivity index (χ4v) is 3.48. The number of hydrogen-bond donors (Lipinski definition) is 2. The molecule has 31 heavy (non-hydrogen) atoms. The number of ether oxygens (including phenoxy) is 1. The molecule has 0 spiro atoms. The lowest BCUT2D eigenvalue weighted by Gasteiger charge is -2.32. The highest BCUT2D eigenvalue weighted by Crippen LogP contribution is 2.21. The molecule has 1 fully saturated rings. The van der Waals surface area contributed by atoms with E-state index in [0.717, 1.165) is 5.56 Å². The highest BCUT2D eigenvalue weighted by molar-refractivity contribution is 5.94. The van der Waals surface area contributed by atoms with E-state index in [4.69, 9.17) is 10.5 Å². The number of nitrogens with zero attached hydrogens (tertiary/aromatic N) is 2. The number of amides is 3.